The van der Waals surface area contributed by atoms with Crippen molar-refractivity contribution in [2.75, 3.05) is 0 Å². The highest BCUT2D eigenvalue weighted by molar-refractivity contribution is 5.95. The van der Waals surface area contributed by atoms with Crippen molar-refractivity contribution < 1.29 is 0 Å². The minimum absolute atomic E-state index is 0.892. The minimum Gasteiger partial charge on any atom is -0.358 e. The number of H-pyrrole nitrogens is 2. The summed E-state index contributed by atoms with van der Waals surface area (Å²) in [4.78, 5) is 11.7. The number of allylic oxidation sites excluding steroid dienone is 3. The largest absolute Gasteiger partial charge is 0.358 e. The number of benzene rings is 1. The molecular formula is C22H25N3. The Bertz CT molecular complexity index is 966. The highest BCUT2D eigenvalue weighted by atomic mass is 14.9. The van der Waals surface area contributed by atoms with Crippen LogP contribution in [-0.4, -0.2) is 15.0 Å². The van der Waals surface area contributed by atoms with Gasteiger partial charge in [-0.05, 0) is 43.6 Å². The lowest BCUT2D eigenvalue weighted by molar-refractivity contribution is 0.923. The molecule has 128 valence electrons. The van der Waals surface area contributed by atoms with E-state index in [9.17, 15) is 0 Å². The standard InChI is InChI=1S/C22H25N3/c1-6-10-14(3)17(7-2)13-20-15(4)24-22(25-20)21-16(5)23-19-12-9-8-11-18(19)21/h7-9,11-13,23H,2-3,6,10H2,1,4-5H3,(H,24,25)/b17-13+. The molecule has 25 heavy (non-hydrogen) atoms. The summed E-state index contributed by atoms with van der Waals surface area (Å²) in [6.45, 7) is 14.4. The highest BCUT2D eigenvalue weighted by Crippen LogP contribution is 2.31. The maximum atomic E-state index is 4.85. The number of aromatic amines is 2. The molecular weight excluding hydrogens is 306 g/mol. The van der Waals surface area contributed by atoms with Gasteiger partial charge in [0.1, 0.15) is 5.82 Å². The Hall–Kier alpha value is -2.81. The maximum Gasteiger partial charge on any atom is 0.140 e. The van der Waals surface area contributed by atoms with Crippen molar-refractivity contribution in [1.29, 1.82) is 0 Å². The average Bonchev–Trinajstić information content (AvgIpc) is 3.11. The first kappa shape index (κ1) is 17.0. The molecule has 3 rings (SSSR count). The highest BCUT2D eigenvalue weighted by Gasteiger charge is 2.15. The molecule has 0 saturated heterocycles. The number of imidazole rings is 1. The zero-order valence-electron chi connectivity index (χ0n) is 15.2. The number of aromatic nitrogens is 3. The third-order valence-electron chi connectivity index (χ3n) is 4.52. The summed E-state index contributed by atoms with van der Waals surface area (Å²) in [7, 11) is 0. The molecule has 3 heteroatoms. The van der Waals surface area contributed by atoms with E-state index >= 15 is 0 Å². The SMILES string of the molecule is C=C/C(=C\c1nc(-c2c(C)[nH]c3ccccc23)[nH]c1C)C(=C)CCC. The van der Waals surface area contributed by atoms with E-state index in [2.05, 4.69) is 68.2 Å². The van der Waals surface area contributed by atoms with Crippen molar-refractivity contribution in [3.8, 4) is 11.4 Å². The number of para-hydroxylation sites is 1. The van der Waals surface area contributed by atoms with Crippen molar-refractivity contribution in [1.82, 2.24) is 15.0 Å². The van der Waals surface area contributed by atoms with Crippen LogP contribution < -0.4 is 0 Å². The van der Waals surface area contributed by atoms with E-state index in [1.807, 2.05) is 12.1 Å². The lowest BCUT2D eigenvalue weighted by Gasteiger charge is -2.04. The molecule has 0 unspecified atom stereocenters. The van der Waals surface area contributed by atoms with Gasteiger partial charge in [0.25, 0.3) is 0 Å². The Balaban J connectivity index is 2.07. The molecule has 2 N–H and O–H groups in total. The molecule has 0 aliphatic heterocycles. The monoisotopic (exact) mass is 331 g/mol. The molecule has 3 aromatic rings. The molecule has 1 aromatic carbocycles. The van der Waals surface area contributed by atoms with Crippen LogP contribution in [0.3, 0.4) is 0 Å². The van der Waals surface area contributed by atoms with Crippen LogP contribution in [0.4, 0.5) is 0 Å². The molecule has 0 spiro atoms. The van der Waals surface area contributed by atoms with Gasteiger partial charge in [0.05, 0.1) is 5.69 Å². The van der Waals surface area contributed by atoms with Crippen LogP contribution >= 0.6 is 0 Å². The Morgan fingerprint density at radius 3 is 2.64 bits per heavy atom. The molecule has 0 aliphatic carbocycles. The summed E-state index contributed by atoms with van der Waals surface area (Å²) in [6, 6.07) is 8.31. The van der Waals surface area contributed by atoms with Crippen molar-refractivity contribution in [2.45, 2.75) is 33.6 Å². The van der Waals surface area contributed by atoms with Gasteiger partial charge in [-0.15, -0.1) is 0 Å². The minimum atomic E-state index is 0.892. The predicted molar refractivity (Wildman–Crippen MR) is 108 cm³/mol. The fourth-order valence-electron chi connectivity index (χ4n) is 3.21. The molecule has 0 bridgehead atoms. The van der Waals surface area contributed by atoms with E-state index in [-0.39, 0.29) is 0 Å². The summed E-state index contributed by atoms with van der Waals surface area (Å²) in [5.41, 5.74) is 7.51. The number of aryl methyl sites for hydroxylation is 2. The molecule has 2 aromatic heterocycles. The van der Waals surface area contributed by atoms with E-state index in [1.165, 1.54) is 5.39 Å². The number of nitrogens with zero attached hydrogens (tertiary/aromatic N) is 1. The van der Waals surface area contributed by atoms with Gasteiger partial charge < -0.3 is 9.97 Å². The van der Waals surface area contributed by atoms with Crippen LogP contribution in [0.5, 0.6) is 0 Å². The number of nitrogens with one attached hydrogen (secondary N) is 2. The molecule has 0 radical (unpaired) electrons. The van der Waals surface area contributed by atoms with Crippen LogP contribution in [0.25, 0.3) is 28.4 Å². The van der Waals surface area contributed by atoms with E-state index in [0.717, 1.165) is 58.0 Å². The Kier molecular flexibility index (Phi) is 4.75. The van der Waals surface area contributed by atoms with Gasteiger partial charge in [-0.25, -0.2) is 4.98 Å². The number of hydrogen-bond donors (Lipinski definition) is 2. The molecule has 0 amide bonds. The second kappa shape index (κ2) is 6.98. The Morgan fingerprint density at radius 1 is 1.16 bits per heavy atom. The van der Waals surface area contributed by atoms with Crippen LogP contribution in [-0.2, 0) is 0 Å². The van der Waals surface area contributed by atoms with Gasteiger partial charge in [0.15, 0.2) is 0 Å². The smallest absolute Gasteiger partial charge is 0.140 e. The van der Waals surface area contributed by atoms with Gasteiger partial charge >= 0.3 is 0 Å². The van der Waals surface area contributed by atoms with E-state index in [0.29, 0.717) is 0 Å². The van der Waals surface area contributed by atoms with E-state index in [4.69, 9.17) is 4.98 Å². The lowest BCUT2D eigenvalue weighted by Crippen LogP contribution is -1.87. The molecule has 3 nitrogen and oxygen atoms in total. The van der Waals surface area contributed by atoms with Crippen LogP contribution in [0, 0.1) is 13.8 Å². The van der Waals surface area contributed by atoms with Crippen molar-refractivity contribution >= 4 is 17.0 Å². The zero-order valence-corrected chi connectivity index (χ0v) is 15.2. The van der Waals surface area contributed by atoms with Crippen molar-refractivity contribution in [2.24, 2.45) is 0 Å². The van der Waals surface area contributed by atoms with Crippen LogP contribution in [0.1, 0.15) is 36.8 Å². The molecule has 0 atom stereocenters. The van der Waals surface area contributed by atoms with Crippen LogP contribution in [0.2, 0.25) is 0 Å². The molecule has 0 aliphatic rings. The lowest BCUT2D eigenvalue weighted by atomic mass is 10.0. The van der Waals surface area contributed by atoms with Gasteiger partial charge in [0.2, 0.25) is 0 Å². The predicted octanol–water partition coefficient (Wildman–Crippen LogP) is 6.10. The fourth-order valence-corrected chi connectivity index (χ4v) is 3.21. The molecule has 2 heterocycles. The summed E-state index contributed by atoms with van der Waals surface area (Å²) in [5.74, 6) is 0.892. The molecule has 0 saturated carbocycles. The summed E-state index contributed by atoms with van der Waals surface area (Å²) in [5, 5.41) is 1.18. The Labute approximate surface area is 149 Å². The first-order valence-corrected chi connectivity index (χ1v) is 8.71. The fraction of sp³-hybridized carbons (Fsp3) is 0.227. The van der Waals surface area contributed by atoms with Gasteiger partial charge in [0, 0.05) is 27.9 Å². The topological polar surface area (TPSA) is 44.5 Å². The second-order valence-corrected chi connectivity index (χ2v) is 6.42. The average molecular weight is 331 g/mol. The number of fused-ring (bicyclic) bond motifs is 1. The zero-order chi connectivity index (χ0) is 18.0. The summed E-state index contributed by atoms with van der Waals surface area (Å²) >= 11 is 0. The maximum absolute atomic E-state index is 4.85. The van der Waals surface area contributed by atoms with Crippen molar-refractivity contribution in [3.63, 3.8) is 0 Å². The number of rotatable bonds is 6. The third kappa shape index (κ3) is 3.22. The van der Waals surface area contributed by atoms with Gasteiger partial charge in [-0.2, -0.15) is 0 Å². The first-order valence-electron chi connectivity index (χ1n) is 8.71. The summed E-state index contributed by atoms with van der Waals surface area (Å²) in [6.07, 6.45) is 5.98. The quantitative estimate of drug-likeness (QED) is 0.527. The van der Waals surface area contributed by atoms with Gasteiger partial charge in [-0.1, -0.05) is 50.8 Å². The molecule has 0 fully saturated rings. The Morgan fingerprint density at radius 2 is 1.92 bits per heavy atom. The van der Waals surface area contributed by atoms with E-state index < -0.39 is 0 Å². The van der Waals surface area contributed by atoms with Crippen molar-refractivity contribution in [3.05, 3.63) is 71.7 Å². The van der Waals surface area contributed by atoms with Gasteiger partial charge in [-0.3, -0.25) is 0 Å². The first-order chi connectivity index (χ1) is 12.0. The summed E-state index contributed by atoms with van der Waals surface area (Å²) < 4.78 is 0. The van der Waals surface area contributed by atoms with E-state index in [1.54, 1.807) is 0 Å². The third-order valence-corrected chi connectivity index (χ3v) is 4.52. The normalized spacial score (nSPS) is 11.9. The second-order valence-electron chi connectivity index (χ2n) is 6.42. The van der Waals surface area contributed by atoms with Crippen LogP contribution in [0.15, 0.2) is 54.6 Å². The number of hydrogen-bond acceptors (Lipinski definition) is 1.